The molecule has 0 N–H and O–H groups in total. The predicted molar refractivity (Wildman–Crippen MR) is 307 cm³/mol. The van der Waals surface area contributed by atoms with Crippen LogP contribution < -0.4 is 0 Å². The lowest BCUT2D eigenvalue weighted by molar-refractivity contribution is -0.167. The van der Waals surface area contributed by atoms with Gasteiger partial charge in [-0.15, -0.1) is 0 Å². The number of allylic oxidation sites excluding steroid dienone is 18. The number of hydrogen-bond donors (Lipinski definition) is 0. The van der Waals surface area contributed by atoms with Gasteiger partial charge in [-0.2, -0.15) is 0 Å². The third-order valence-electron chi connectivity index (χ3n) is 12.2. The summed E-state index contributed by atoms with van der Waals surface area (Å²) in [5.74, 6) is -0.928. The van der Waals surface area contributed by atoms with Gasteiger partial charge < -0.3 is 14.2 Å². The van der Waals surface area contributed by atoms with Crippen LogP contribution in [0.2, 0.25) is 0 Å². The van der Waals surface area contributed by atoms with Crippen LogP contribution in [0, 0.1) is 0 Å². The summed E-state index contributed by atoms with van der Waals surface area (Å²) in [6, 6.07) is 0. The minimum Gasteiger partial charge on any atom is -0.462 e. The number of unbranched alkanes of at least 4 members (excludes halogenated alkanes) is 23. The monoisotopic (exact) mass is 985 g/mol. The molecule has 0 aliphatic rings. The second-order valence-electron chi connectivity index (χ2n) is 19.1. The van der Waals surface area contributed by atoms with Crippen LogP contribution >= 0.6 is 0 Å². The van der Waals surface area contributed by atoms with Crippen LogP contribution in [0.1, 0.15) is 265 Å². The average Bonchev–Trinajstić information content (AvgIpc) is 3.37. The Kier molecular flexibility index (Phi) is 55.4. The van der Waals surface area contributed by atoms with Crippen LogP contribution in [-0.4, -0.2) is 37.2 Å². The number of ether oxygens (including phenoxy) is 3. The molecule has 0 heterocycles. The van der Waals surface area contributed by atoms with Gasteiger partial charge in [-0.1, -0.05) is 233 Å². The third-order valence-corrected chi connectivity index (χ3v) is 12.2. The molecule has 0 aliphatic heterocycles. The highest BCUT2D eigenvalue weighted by molar-refractivity contribution is 5.71. The maximum atomic E-state index is 12.9. The van der Waals surface area contributed by atoms with Crippen molar-refractivity contribution in [1.82, 2.24) is 0 Å². The molecule has 0 amide bonds. The second kappa shape index (κ2) is 58.6. The van der Waals surface area contributed by atoms with Crippen molar-refractivity contribution in [1.29, 1.82) is 0 Å². The summed E-state index contributed by atoms with van der Waals surface area (Å²) in [4.78, 5) is 38.2. The molecule has 0 aromatic rings. The van der Waals surface area contributed by atoms with E-state index >= 15 is 0 Å². The predicted octanol–water partition coefficient (Wildman–Crippen LogP) is 19.9. The van der Waals surface area contributed by atoms with Gasteiger partial charge in [0.25, 0.3) is 0 Å². The Morgan fingerprint density at radius 1 is 0.296 bits per heavy atom. The smallest absolute Gasteiger partial charge is 0.306 e. The SMILES string of the molecule is CC/C=C\C/C=C\C/C=C\C/C=C\C/C=C\CCCCCCCCCC(=O)OCC(COC(=O)CCCCCCC/C=C\CCCCCCCC)OC(=O)CCCCCCC/C=C\C/C=C\C/C=C\CC. The van der Waals surface area contributed by atoms with Gasteiger partial charge in [-0.3, -0.25) is 14.4 Å². The van der Waals surface area contributed by atoms with Crippen molar-refractivity contribution >= 4 is 17.9 Å². The Bertz CT molecular complexity index is 1460. The molecule has 0 aromatic heterocycles. The van der Waals surface area contributed by atoms with Crippen LogP contribution in [0.25, 0.3) is 0 Å². The van der Waals surface area contributed by atoms with Gasteiger partial charge in [0.05, 0.1) is 0 Å². The zero-order valence-corrected chi connectivity index (χ0v) is 46.2. The second-order valence-corrected chi connectivity index (χ2v) is 19.1. The van der Waals surface area contributed by atoms with Gasteiger partial charge in [0, 0.05) is 19.3 Å². The fourth-order valence-electron chi connectivity index (χ4n) is 7.89. The van der Waals surface area contributed by atoms with E-state index in [-0.39, 0.29) is 31.1 Å². The van der Waals surface area contributed by atoms with Crippen molar-refractivity contribution in [2.75, 3.05) is 13.2 Å². The van der Waals surface area contributed by atoms with Crippen molar-refractivity contribution in [2.24, 2.45) is 0 Å². The molecule has 0 fully saturated rings. The maximum Gasteiger partial charge on any atom is 0.306 e. The molecule has 71 heavy (non-hydrogen) atoms. The summed E-state index contributed by atoms with van der Waals surface area (Å²) < 4.78 is 16.9. The largest absolute Gasteiger partial charge is 0.462 e. The zero-order chi connectivity index (χ0) is 51.4. The van der Waals surface area contributed by atoms with Crippen molar-refractivity contribution in [3.05, 3.63) is 109 Å². The first-order valence-electron chi connectivity index (χ1n) is 29.4. The summed E-state index contributed by atoms with van der Waals surface area (Å²) in [6.45, 7) is 6.38. The highest BCUT2D eigenvalue weighted by Crippen LogP contribution is 2.14. The van der Waals surface area contributed by atoms with Crippen LogP contribution in [0.15, 0.2) is 109 Å². The van der Waals surface area contributed by atoms with E-state index in [1.807, 2.05) is 0 Å². The lowest BCUT2D eigenvalue weighted by Crippen LogP contribution is -2.30. The summed E-state index contributed by atoms with van der Waals surface area (Å²) >= 11 is 0. The summed E-state index contributed by atoms with van der Waals surface area (Å²) in [7, 11) is 0. The van der Waals surface area contributed by atoms with E-state index in [0.717, 1.165) is 141 Å². The molecule has 0 saturated carbocycles. The van der Waals surface area contributed by atoms with E-state index in [1.165, 1.54) is 83.5 Å². The molecule has 1 atom stereocenters. The average molecular weight is 986 g/mol. The number of rotatable bonds is 52. The zero-order valence-electron chi connectivity index (χ0n) is 46.2. The van der Waals surface area contributed by atoms with Crippen molar-refractivity contribution in [3.8, 4) is 0 Å². The molecule has 0 saturated heterocycles. The maximum absolute atomic E-state index is 12.9. The molecule has 0 aromatic carbocycles. The topological polar surface area (TPSA) is 78.9 Å². The van der Waals surface area contributed by atoms with E-state index < -0.39 is 6.10 Å². The lowest BCUT2D eigenvalue weighted by atomic mass is 10.1. The lowest BCUT2D eigenvalue weighted by Gasteiger charge is -2.18. The number of carbonyl (C=O) groups excluding carboxylic acids is 3. The summed E-state index contributed by atoms with van der Waals surface area (Å²) in [5.41, 5.74) is 0. The molecule has 6 nitrogen and oxygen atoms in total. The van der Waals surface area contributed by atoms with Crippen molar-refractivity contribution < 1.29 is 28.6 Å². The fourth-order valence-corrected chi connectivity index (χ4v) is 7.89. The summed E-state index contributed by atoms with van der Waals surface area (Å²) in [5, 5.41) is 0. The number of carbonyl (C=O) groups is 3. The highest BCUT2D eigenvalue weighted by atomic mass is 16.6. The standard InChI is InChI=1S/C65H108O6/c1-4-7-10-13-16-19-22-25-28-29-30-31-32-33-34-35-38-40-43-46-49-52-55-58-64(67)70-61-62(71-65(68)59-56-53-50-47-44-41-37-27-24-21-18-15-12-9-6-3)60-69-63(66)57-54-51-48-45-42-39-36-26-23-20-17-14-11-8-5-2/h7,9-10,12,16,18-19,21,25-28,30-31,33-34,36-37,62H,4-6,8,11,13-15,17,20,22-24,29,32,35,38-61H2,1-3H3/b10-7-,12-9-,19-16-,21-18-,28-25-,31-30-,34-33-,36-26-,37-27-. The van der Waals surface area contributed by atoms with Crippen LogP contribution in [0.3, 0.4) is 0 Å². The Labute approximate surface area is 438 Å². The first kappa shape index (κ1) is 67.1. The van der Waals surface area contributed by atoms with E-state index in [4.69, 9.17) is 14.2 Å². The minimum atomic E-state index is -0.798. The van der Waals surface area contributed by atoms with Crippen molar-refractivity contribution in [3.63, 3.8) is 0 Å². The van der Waals surface area contributed by atoms with Gasteiger partial charge in [-0.05, 0) is 122 Å². The molecule has 0 bridgehead atoms. The molecule has 0 aliphatic carbocycles. The molecule has 404 valence electrons. The van der Waals surface area contributed by atoms with E-state index in [1.54, 1.807) is 0 Å². The van der Waals surface area contributed by atoms with Gasteiger partial charge in [0.15, 0.2) is 6.10 Å². The molecule has 6 heteroatoms. The van der Waals surface area contributed by atoms with Gasteiger partial charge >= 0.3 is 17.9 Å². The normalized spacial score (nSPS) is 12.9. The molecule has 0 rings (SSSR count). The van der Waals surface area contributed by atoms with E-state index in [9.17, 15) is 14.4 Å². The highest BCUT2D eigenvalue weighted by Gasteiger charge is 2.19. The summed E-state index contributed by atoms with van der Waals surface area (Å²) in [6.07, 6.45) is 79.3. The Balaban J connectivity index is 4.41. The van der Waals surface area contributed by atoms with E-state index in [0.29, 0.717) is 19.3 Å². The quantitative estimate of drug-likeness (QED) is 0.0261. The molecular formula is C65H108O6. The van der Waals surface area contributed by atoms with Crippen LogP contribution in [0.5, 0.6) is 0 Å². The first-order valence-corrected chi connectivity index (χ1v) is 29.4. The minimum absolute atomic E-state index is 0.0940. The molecule has 1 unspecified atom stereocenters. The molecule has 0 spiro atoms. The Morgan fingerprint density at radius 3 is 0.873 bits per heavy atom. The Morgan fingerprint density at radius 2 is 0.549 bits per heavy atom. The number of hydrogen-bond acceptors (Lipinski definition) is 6. The van der Waals surface area contributed by atoms with Crippen molar-refractivity contribution in [2.45, 2.75) is 271 Å². The van der Waals surface area contributed by atoms with Gasteiger partial charge in [0.2, 0.25) is 0 Å². The van der Waals surface area contributed by atoms with E-state index in [2.05, 4.69) is 130 Å². The van der Waals surface area contributed by atoms with Gasteiger partial charge in [0.1, 0.15) is 13.2 Å². The first-order chi connectivity index (χ1) is 35.0. The molecule has 0 radical (unpaired) electrons. The fraction of sp³-hybridized carbons (Fsp3) is 0.677. The third kappa shape index (κ3) is 56.9. The molecular weight excluding hydrogens is 877 g/mol. The number of esters is 3. The van der Waals surface area contributed by atoms with Gasteiger partial charge in [-0.25, -0.2) is 0 Å². The Hall–Kier alpha value is -3.93. The van der Waals surface area contributed by atoms with Crippen LogP contribution in [0.4, 0.5) is 0 Å². The van der Waals surface area contributed by atoms with Crippen LogP contribution in [-0.2, 0) is 28.6 Å².